The summed E-state index contributed by atoms with van der Waals surface area (Å²) in [6.45, 7) is 3.78. The van der Waals surface area contributed by atoms with Crippen LogP contribution < -0.4 is 15.9 Å². The molecule has 11 heteroatoms. The van der Waals surface area contributed by atoms with Gasteiger partial charge in [-0.25, -0.2) is 10.1 Å². The summed E-state index contributed by atoms with van der Waals surface area (Å²) in [5, 5.41) is 19.7. The van der Waals surface area contributed by atoms with Gasteiger partial charge in [0.25, 0.3) is 5.91 Å². The Morgan fingerprint density at radius 3 is 2.64 bits per heavy atom. The molecule has 0 atom stereocenters. The average molecular weight is 446 g/mol. The van der Waals surface area contributed by atoms with Crippen LogP contribution in [0.4, 0.5) is 5.82 Å². The number of ether oxygens (including phenoxy) is 1. The third kappa shape index (κ3) is 4.56. The summed E-state index contributed by atoms with van der Waals surface area (Å²) in [7, 11) is 1.61. The fourth-order valence-electron chi connectivity index (χ4n) is 3.25. The highest BCUT2D eigenvalue weighted by molar-refractivity contribution is 5.99. The topological polar surface area (TPSA) is 146 Å². The van der Waals surface area contributed by atoms with Gasteiger partial charge in [0.05, 0.1) is 7.11 Å². The van der Waals surface area contributed by atoms with Gasteiger partial charge in [0.1, 0.15) is 11.4 Å². The van der Waals surface area contributed by atoms with E-state index in [1.54, 1.807) is 7.11 Å². The monoisotopic (exact) mass is 446 g/mol. The number of hydrogen-bond acceptors (Lipinski definition) is 9. The number of aromatic nitrogens is 5. The van der Waals surface area contributed by atoms with Gasteiger partial charge in [0.2, 0.25) is 11.6 Å². The van der Waals surface area contributed by atoms with E-state index in [2.05, 4.69) is 35.8 Å². The van der Waals surface area contributed by atoms with Crippen LogP contribution >= 0.6 is 0 Å². The van der Waals surface area contributed by atoms with Gasteiger partial charge < -0.3 is 10.5 Å². The molecule has 0 fully saturated rings. The molecular weight excluding hydrogens is 424 g/mol. The number of carbonyl (C=O) groups is 1. The summed E-state index contributed by atoms with van der Waals surface area (Å²) >= 11 is 0. The fourth-order valence-corrected chi connectivity index (χ4v) is 3.25. The van der Waals surface area contributed by atoms with Gasteiger partial charge in [-0.05, 0) is 35.8 Å². The maximum absolute atomic E-state index is 13.0. The minimum atomic E-state index is -0.536. The number of nitrogens with two attached hydrogens (primary N) is 1. The fraction of sp³-hybridized carbons (Fsp3) is 0.182. The van der Waals surface area contributed by atoms with Crippen molar-refractivity contribution in [1.29, 1.82) is 0 Å². The first-order valence-electron chi connectivity index (χ1n) is 10.0. The number of rotatable bonds is 7. The second-order valence-electron chi connectivity index (χ2n) is 7.31. The van der Waals surface area contributed by atoms with E-state index in [1.165, 1.54) is 4.68 Å². The van der Waals surface area contributed by atoms with Gasteiger partial charge in [0, 0.05) is 17.7 Å². The molecule has 0 aliphatic heterocycles. The molecule has 2 heterocycles. The summed E-state index contributed by atoms with van der Waals surface area (Å²) in [6.07, 6.45) is 0.503. The Balaban J connectivity index is 1.63. The first-order chi connectivity index (χ1) is 16.0. The Labute approximate surface area is 189 Å². The third-order valence-corrected chi connectivity index (χ3v) is 4.89. The van der Waals surface area contributed by atoms with Crippen LogP contribution in [0.15, 0.2) is 58.3 Å². The average Bonchev–Trinajstić information content (AvgIpc) is 3.44. The zero-order chi connectivity index (χ0) is 23.4. The van der Waals surface area contributed by atoms with Crippen molar-refractivity contribution in [2.75, 3.05) is 12.8 Å². The molecule has 0 spiro atoms. The predicted molar refractivity (Wildman–Crippen MR) is 121 cm³/mol. The Morgan fingerprint density at radius 2 is 1.94 bits per heavy atom. The zero-order valence-electron chi connectivity index (χ0n) is 18.3. The van der Waals surface area contributed by atoms with Gasteiger partial charge in [0.15, 0.2) is 5.69 Å². The molecule has 168 valence electrons. The summed E-state index contributed by atoms with van der Waals surface area (Å²) in [6, 6.07) is 15.1. The quantitative estimate of drug-likeness (QED) is 0.325. The lowest BCUT2D eigenvalue weighted by Gasteiger charge is -2.08. The maximum Gasteiger partial charge on any atom is 0.294 e. The summed E-state index contributed by atoms with van der Waals surface area (Å²) in [4.78, 5) is 13.0. The van der Waals surface area contributed by atoms with Crippen molar-refractivity contribution in [2.45, 2.75) is 20.3 Å². The number of hydrogen-bond donors (Lipinski definition) is 2. The zero-order valence-corrected chi connectivity index (χ0v) is 18.3. The largest absolute Gasteiger partial charge is 0.496 e. The van der Waals surface area contributed by atoms with Crippen molar-refractivity contribution in [2.24, 2.45) is 5.10 Å². The van der Waals surface area contributed by atoms with Crippen molar-refractivity contribution in [1.82, 2.24) is 30.7 Å². The number of nitrogens with zero attached hydrogens (tertiary/aromatic N) is 6. The number of methoxy groups -OCH3 is 1. The lowest BCUT2D eigenvalue weighted by molar-refractivity contribution is 0.0950. The molecule has 0 bridgehead atoms. The normalized spacial score (nSPS) is 11.4. The summed E-state index contributed by atoms with van der Waals surface area (Å²) < 4.78 is 11.4. The number of hydrazone groups is 1. The molecule has 11 nitrogen and oxygen atoms in total. The van der Waals surface area contributed by atoms with Crippen LogP contribution in [0.3, 0.4) is 0 Å². The Kier molecular flexibility index (Phi) is 6.11. The van der Waals surface area contributed by atoms with Crippen LogP contribution in [-0.4, -0.2) is 44.0 Å². The van der Waals surface area contributed by atoms with Crippen LogP contribution in [0.5, 0.6) is 5.75 Å². The number of anilines is 1. The lowest BCUT2D eigenvalue weighted by atomic mass is 10.1. The van der Waals surface area contributed by atoms with E-state index in [1.807, 2.05) is 62.4 Å². The first-order valence-corrected chi connectivity index (χ1v) is 10.0. The van der Waals surface area contributed by atoms with Crippen LogP contribution in [0.25, 0.3) is 17.1 Å². The van der Waals surface area contributed by atoms with E-state index in [0.717, 1.165) is 16.9 Å². The second kappa shape index (κ2) is 9.30. The lowest BCUT2D eigenvalue weighted by Crippen LogP contribution is -2.21. The van der Waals surface area contributed by atoms with E-state index >= 15 is 0 Å². The molecule has 0 radical (unpaired) electrons. The number of aryl methyl sites for hydroxylation is 1. The highest BCUT2D eigenvalue weighted by Crippen LogP contribution is 2.26. The standard InChI is InChI=1S/C22H22N8O3/c1-13-8-10-15(11-9-13)19-18(25-29-30(19)21-20(23)27-33-28-21)22(31)26-24-14(2)12-16-6-4-5-7-17(16)32-3/h4-11H,12H2,1-3H3,(H2,23,27)(H,26,31). The molecule has 33 heavy (non-hydrogen) atoms. The van der Waals surface area contributed by atoms with E-state index in [4.69, 9.17) is 10.5 Å². The van der Waals surface area contributed by atoms with Crippen LogP contribution in [0.2, 0.25) is 0 Å². The molecule has 1 amide bonds. The Hall–Kier alpha value is -4.54. The molecule has 2 aromatic carbocycles. The highest BCUT2D eigenvalue weighted by atomic mass is 16.6. The van der Waals surface area contributed by atoms with Gasteiger partial charge in [-0.15, -0.1) is 5.10 Å². The molecule has 0 unspecified atom stereocenters. The van der Waals surface area contributed by atoms with Crippen molar-refractivity contribution in [3.05, 3.63) is 65.4 Å². The number of carbonyl (C=O) groups excluding carboxylic acids is 1. The van der Waals surface area contributed by atoms with Gasteiger partial charge >= 0.3 is 0 Å². The molecule has 2 aromatic heterocycles. The van der Waals surface area contributed by atoms with Crippen LogP contribution in [0, 0.1) is 6.92 Å². The molecule has 3 N–H and O–H groups in total. The van der Waals surface area contributed by atoms with E-state index in [0.29, 0.717) is 23.4 Å². The third-order valence-electron chi connectivity index (χ3n) is 4.89. The van der Waals surface area contributed by atoms with E-state index in [-0.39, 0.29) is 17.3 Å². The molecular formula is C22H22N8O3. The van der Waals surface area contributed by atoms with E-state index in [9.17, 15) is 4.79 Å². The van der Waals surface area contributed by atoms with Crippen molar-refractivity contribution < 1.29 is 14.2 Å². The van der Waals surface area contributed by atoms with Gasteiger partial charge in [-0.2, -0.15) is 9.78 Å². The second-order valence-corrected chi connectivity index (χ2v) is 7.31. The molecule has 0 saturated heterocycles. The Morgan fingerprint density at radius 1 is 1.18 bits per heavy atom. The van der Waals surface area contributed by atoms with Crippen LogP contribution in [-0.2, 0) is 6.42 Å². The SMILES string of the molecule is COc1ccccc1CC(C)=NNC(=O)c1nnn(-c2nonc2N)c1-c1ccc(C)cc1. The van der Waals surface area contributed by atoms with Crippen molar-refractivity contribution in [3.8, 4) is 22.8 Å². The number of benzene rings is 2. The summed E-state index contributed by atoms with van der Waals surface area (Å²) in [5.41, 5.74) is 12.2. The van der Waals surface area contributed by atoms with Crippen LogP contribution in [0.1, 0.15) is 28.5 Å². The molecule has 4 rings (SSSR count). The number of amides is 1. The van der Waals surface area contributed by atoms with Crippen molar-refractivity contribution in [3.63, 3.8) is 0 Å². The van der Waals surface area contributed by atoms with E-state index < -0.39 is 5.91 Å². The number of nitrogen functional groups attached to an aromatic ring is 1. The molecule has 0 saturated carbocycles. The highest BCUT2D eigenvalue weighted by Gasteiger charge is 2.25. The Bertz CT molecular complexity index is 1310. The maximum atomic E-state index is 13.0. The minimum absolute atomic E-state index is 0.0193. The molecule has 0 aliphatic carbocycles. The molecule has 4 aromatic rings. The minimum Gasteiger partial charge on any atom is -0.496 e. The predicted octanol–water partition coefficient (Wildman–Crippen LogP) is 2.56. The van der Waals surface area contributed by atoms with Crippen molar-refractivity contribution >= 4 is 17.4 Å². The number of para-hydroxylation sites is 1. The summed E-state index contributed by atoms with van der Waals surface area (Å²) in [5.74, 6) is 0.367. The smallest absolute Gasteiger partial charge is 0.294 e. The van der Waals surface area contributed by atoms with Gasteiger partial charge in [-0.1, -0.05) is 53.2 Å². The molecule has 0 aliphatic rings. The number of nitrogens with one attached hydrogen (secondary N) is 1. The first kappa shape index (κ1) is 21.7. The van der Waals surface area contributed by atoms with Gasteiger partial charge in [-0.3, -0.25) is 4.79 Å².